The highest BCUT2D eigenvalue weighted by atomic mass is 35.5. The fourth-order valence-corrected chi connectivity index (χ4v) is 2.66. The van der Waals surface area contributed by atoms with Crippen LogP contribution in [0.2, 0.25) is 0 Å². The summed E-state index contributed by atoms with van der Waals surface area (Å²) in [6, 6.07) is 5.59. The molecule has 0 radical (unpaired) electrons. The number of rotatable bonds is 5. The summed E-state index contributed by atoms with van der Waals surface area (Å²) in [6.45, 7) is 7.82. The number of halogens is 5. The first-order valence-electron chi connectivity index (χ1n) is 7.68. The standard InChI is InChI=1S/C16H24F3N3.2ClH/c1-13(14-4-3-5-15(12-14)16(17,18)19)21(2)10-11-22-8-6-20-7-9-22;;/h3-5,12-13,20H,6-11H2,1-2H3;2*1H. The van der Waals surface area contributed by atoms with Crippen molar-refractivity contribution in [3.63, 3.8) is 0 Å². The molecule has 0 amide bonds. The van der Waals surface area contributed by atoms with Crippen LogP contribution in [0.5, 0.6) is 0 Å². The molecule has 0 bridgehead atoms. The molecular weight excluding hydrogens is 362 g/mol. The van der Waals surface area contributed by atoms with E-state index in [-0.39, 0.29) is 30.9 Å². The molecule has 1 N–H and O–H groups in total. The Morgan fingerprint density at radius 1 is 1.21 bits per heavy atom. The second-order valence-electron chi connectivity index (χ2n) is 5.87. The van der Waals surface area contributed by atoms with Crippen molar-refractivity contribution in [2.75, 3.05) is 46.3 Å². The van der Waals surface area contributed by atoms with E-state index in [2.05, 4.69) is 15.1 Å². The molecule has 1 unspecified atom stereocenters. The highest BCUT2D eigenvalue weighted by Crippen LogP contribution is 2.31. The first-order chi connectivity index (χ1) is 10.4. The molecule has 8 heteroatoms. The molecule has 24 heavy (non-hydrogen) atoms. The molecule has 0 aromatic heterocycles. The third-order valence-electron chi connectivity index (χ3n) is 4.34. The van der Waals surface area contributed by atoms with E-state index in [0.717, 1.165) is 45.3 Å². The predicted molar refractivity (Wildman–Crippen MR) is 96.3 cm³/mol. The van der Waals surface area contributed by atoms with Crippen LogP contribution in [0.3, 0.4) is 0 Å². The van der Waals surface area contributed by atoms with Crippen LogP contribution >= 0.6 is 24.8 Å². The normalized spacial score (nSPS) is 17.1. The molecule has 1 aliphatic heterocycles. The van der Waals surface area contributed by atoms with Gasteiger partial charge in [0.2, 0.25) is 0 Å². The monoisotopic (exact) mass is 387 g/mol. The Kier molecular flexibility index (Phi) is 10.2. The molecule has 1 heterocycles. The molecule has 1 fully saturated rings. The molecule has 3 nitrogen and oxygen atoms in total. The fourth-order valence-electron chi connectivity index (χ4n) is 2.66. The van der Waals surface area contributed by atoms with E-state index in [1.54, 1.807) is 6.07 Å². The van der Waals surface area contributed by atoms with Crippen molar-refractivity contribution in [2.24, 2.45) is 0 Å². The number of hydrogen-bond acceptors (Lipinski definition) is 3. The molecule has 0 saturated carbocycles. The molecule has 140 valence electrons. The van der Waals surface area contributed by atoms with Crippen LogP contribution in [0.15, 0.2) is 24.3 Å². The van der Waals surface area contributed by atoms with Gasteiger partial charge in [0.25, 0.3) is 0 Å². The Morgan fingerprint density at radius 3 is 2.42 bits per heavy atom. The van der Waals surface area contributed by atoms with Gasteiger partial charge in [-0.25, -0.2) is 0 Å². The van der Waals surface area contributed by atoms with Crippen molar-refractivity contribution in [1.29, 1.82) is 0 Å². The second-order valence-corrected chi connectivity index (χ2v) is 5.87. The molecule has 2 rings (SSSR count). The van der Waals surface area contributed by atoms with Gasteiger partial charge in [-0.05, 0) is 31.7 Å². The Hall–Kier alpha value is -0.530. The average molecular weight is 388 g/mol. The lowest BCUT2D eigenvalue weighted by molar-refractivity contribution is -0.137. The maximum atomic E-state index is 12.8. The van der Waals surface area contributed by atoms with E-state index in [4.69, 9.17) is 0 Å². The molecule has 0 spiro atoms. The first-order valence-corrected chi connectivity index (χ1v) is 7.68. The van der Waals surface area contributed by atoms with Crippen molar-refractivity contribution < 1.29 is 13.2 Å². The summed E-state index contributed by atoms with van der Waals surface area (Å²) in [6.07, 6.45) is -4.28. The average Bonchev–Trinajstić information content (AvgIpc) is 2.52. The van der Waals surface area contributed by atoms with Gasteiger partial charge in [0.05, 0.1) is 5.56 Å². The highest BCUT2D eigenvalue weighted by molar-refractivity contribution is 5.85. The van der Waals surface area contributed by atoms with Gasteiger partial charge in [-0.15, -0.1) is 24.8 Å². The fraction of sp³-hybridized carbons (Fsp3) is 0.625. The van der Waals surface area contributed by atoms with Crippen LogP contribution in [0.1, 0.15) is 24.1 Å². The van der Waals surface area contributed by atoms with Gasteiger partial charge < -0.3 is 5.32 Å². The largest absolute Gasteiger partial charge is 0.416 e. The summed E-state index contributed by atoms with van der Waals surface area (Å²) in [5, 5.41) is 3.31. The van der Waals surface area contributed by atoms with Gasteiger partial charge in [-0.1, -0.05) is 12.1 Å². The van der Waals surface area contributed by atoms with Crippen LogP contribution in [-0.4, -0.2) is 56.1 Å². The lowest BCUT2D eigenvalue weighted by Gasteiger charge is -2.31. The maximum Gasteiger partial charge on any atom is 0.416 e. The van der Waals surface area contributed by atoms with Gasteiger partial charge in [0.15, 0.2) is 0 Å². The van der Waals surface area contributed by atoms with Crippen molar-refractivity contribution >= 4 is 24.8 Å². The summed E-state index contributed by atoms with van der Waals surface area (Å²) in [7, 11) is 1.97. The Bertz CT molecular complexity index is 480. The SMILES string of the molecule is CC(c1cccc(C(F)(F)F)c1)N(C)CCN1CCNCC1.Cl.Cl. The molecule has 0 aliphatic carbocycles. The minimum Gasteiger partial charge on any atom is -0.314 e. The number of nitrogens with zero attached hydrogens (tertiary/aromatic N) is 2. The van der Waals surface area contributed by atoms with Crippen LogP contribution < -0.4 is 5.32 Å². The Labute approximate surface area is 154 Å². The van der Waals surface area contributed by atoms with Crippen molar-refractivity contribution in [2.45, 2.75) is 19.1 Å². The van der Waals surface area contributed by atoms with Crippen LogP contribution in [0.4, 0.5) is 13.2 Å². The van der Waals surface area contributed by atoms with Crippen molar-refractivity contribution in [1.82, 2.24) is 15.1 Å². The topological polar surface area (TPSA) is 18.5 Å². The summed E-state index contributed by atoms with van der Waals surface area (Å²) in [4.78, 5) is 4.49. The van der Waals surface area contributed by atoms with Crippen LogP contribution in [-0.2, 0) is 6.18 Å². The minimum absolute atomic E-state index is 0. The number of likely N-dealkylation sites (N-methyl/N-ethyl adjacent to an activating group) is 1. The lowest BCUT2D eigenvalue weighted by atomic mass is 10.0. The van der Waals surface area contributed by atoms with Crippen molar-refractivity contribution in [3.8, 4) is 0 Å². The Morgan fingerprint density at radius 2 is 1.83 bits per heavy atom. The summed E-state index contributed by atoms with van der Waals surface area (Å²) >= 11 is 0. The van der Waals surface area contributed by atoms with E-state index >= 15 is 0 Å². The smallest absolute Gasteiger partial charge is 0.314 e. The number of piperazine rings is 1. The van der Waals surface area contributed by atoms with E-state index in [1.807, 2.05) is 14.0 Å². The van der Waals surface area contributed by atoms with Crippen LogP contribution in [0, 0.1) is 0 Å². The molecule has 1 atom stereocenters. The predicted octanol–water partition coefficient (Wildman–Crippen LogP) is 3.45. The van der Waals surface area contributed by atoms with Gasteiger partial charge >= 0.3 is 6.18 Å². The third kappa shape index (κ3) is 6.76. The zero-order valence-electron chi connectivity index (χ0n) is 14.0. The second kappa shape index (κ2) is 10.5. The number of alkyl halides is 3. The van der Waals surface area contributed by atoms with E-state index < -0.39 is 11.7 Å². The van der Waals surface area contributed by atoms with Gasteiger partial charge in [-0.2, -0.15) is 13.2 Å². The summed E-state index contributed by atoms with van der Waals surface area (Å²) in [5.74, 6) is 0. The van der Waals surface area contributed by atoms with Crippen LogP contribution in [0.25, 0.3) is 0 Å². The minimum atomic E-state index is -4.28. The zero-order chi connectivity index (χ0) is 16.2. The number of nitrogens with one attached hydrogen (secondary N) is 1. The molecule has 1 aromatic rings. The van der Waals surface area contributed by atoms with E-state index in [0.29, 0.717) is 5.56 Å². The number of benzene rings is 1. The lowest BCUT2D eigenvalue weighted by Crippen LogP contribution is -2.46. The van der Waals surface area contributed by atoms with E-state index in [9.17, 15) is 13.2 Å². The molecule has 1 aliphatic rings. The highest BCUT2D eigenvalue weighted by Gasteiger charge is 2.30. The van der Waals surface area contributed by atoms with Gasteiger partial charge in [0, 0.05) is 45.3 Å². The van der Waals surface area contributed by atoms with Gasteiger partial charge in [-0.3, -0.25) is 9.80 Å². The Balaban J connectivity index is 0.00000264. The first kappa shape index (κ1) is 23.5. The quantitative estimate of drug-likeness (QED) is 0.834. The van der Waals surface area contributed by atoms with Crippen molar-refractivity contribution in [3.05, 3.63) is 35.4 Å². The zero-order valence-corrected chi connectivity index (χ0v) is 15.6. The number of hydrogen-bond donors (Lipinski definition) is 1. The summed E-state index contributed by atoms with van der Waals surface area (Å²) in [5.41, 5.74) is 0.130. The third-order valence-corrected chi connectivity index (χ3v) is 4.34. The van der Waals surface area contributed by atoms with Gasteiger partial charge in [0.1, 0.15) is 0 Å². The maximum absolute atomic E-state index is 12.8. The summed E-state index contributed by atoms with van der Waals surface area (Å²) < 4.78 is 38.4. The molecule has 1 aromatic carbocycles. The van der Waals surface area contributed by atoms with E-state index in [1.165, 1.54) is 12.1 Å². The molecular formula is C16H26Cl2F3N3. The molecule has 1 saturated heterocycles.